The lowest BCUT2D eigenvalue weighted by Gasteiger charge is -2.08. The lowest BCUT2D eigenvalue weighted by atomic mass is 10.3. The van der Waals surface area contributed by atoms with Gasteiger partial charge in [-0.25, -0.2) is 9.37 Å². The van der Waals surface area contributed by atoms with Gasteiger partial charge in [0.05, 0.1) is 0 Å². The summed E-state index contributed by atoms with van der Waals surface area (Å²) in [6.07, 6.45) is 1.53. The van der Waals surface area contributed by atoms with Crippen LogP contribution in [0.25, 0.3) is 0 Å². The normalized spacial score (nSPS) is 12.6. The molecule has 1 rings (SSSR count). The molecule has 3 nitrogen and oxygen atoms in total. The first-order chi connectivity index (χ1) is 6.09. The molecule has 0 amide bonds. The van der Waals surface area contributed by atoms with E-state index in [1.807, 2.05) is 6.92 Å². The molecule has 13 heavy (non-hydrogen) atoms. The number of nitrogens with one attached hydrogen (secondary N) is 1. The van der Waals surface area contributed by atoms with Gasteiger partial charge in [-0.1, -0.05) is 0 Å². The number of anilines is 1. The van der Waals surface area contributed by atoms with Crippen LogP contribution in [0.4, 0.5) is 10.2 Å². The van der Waals surface area contributed by atoms with Crippen LogP contribution in [0.2, 0.25) is 0 Å². The van der Waals surface area contributed by atoms with Crippen molar-refractivity contribution >= 4 is 21.7 Å². The predicted molar refractivity (Wildman–Crippen MR) is 54.0 cm³/mol. The van der Waals surface area contributed by atoms with Crippen molar-refractivity contribution in [2.24, 2.45) is 5.73 Å². The monoisotopic (exact) mass is 247 g/mol. The lowest BCUT2D eigenvalue weighted by molar-refractivity contribution is 0.621. The van der Waals surface area contributed by atoms with Gasteiger partial charge in [-0.15, -0.1) is 0 Å². The Morgan fingerprint density at radius 2 is 2.46 bits per heavy atom. The fourth-order valence-corrected chi connectivity index (χ4v) is 1.11. The summed E-state index contributed by atoms with van der Waals surface area (Å²) in [6.45, 7) is 2.34. The number of nitrogens with zero attached hydrogens (tertiary/aromatic N) is 1. The highest BCUT2D eigenvalue weighted by atomic mass is 79.9. The molecule has 0 fully saturated rings. The molecule has 0 radical (unpaired) electrons. The molecule has 1 heterocycles. The molecule has 0 aliphatic carbocycles. The standard InChI is InChI=1S/C8H11BrFN3/c1-5(11)3-12-8-7(10)2-6(9)4-13-8/h2,4-5H,3,11H2,1H3,(H,12,13). The minimum absolute atomic E-state index is 0.0233. The molecule has 72 valence electrons. The minimum Gasteiger partial charge on any atom is -0.366 e. The van der Waals surface area contributed by atoms with E-state index in [-0.39, 0.29) is 17.7 Å². The summed E-state index contributed by atoms with van der Waals surface area (Å²) in [5.41, 5.74) is 5.50. The number of hydrogen-bond donors (Lipinski definition) is 2. The van der Waals surface area contributed by atoms with Crippen molar-refractivity contribution in [3.05, 3.63) is 22.6 Å². The van der Waals surface area contributed by atoms with Gasteiger partial charge in [-0.3, -0.25) is 0 Å². The van der Waals surface area contributed by atoms with Crippen molar-refractivity contribution in [2.45, 2.75) is 13.0 Å². The third kappa shape index (κ3) is 3.28. The zero-order valence-corrected chi connectivity index (χ0v) is 8.81. The van der Waals surface area contributed by atoms with E-state index in [0.29, 0.717) is 11.0 Å². The van der Waals surface area contributed by atoms with Gasteiger partial charge < -0.3 is 11.1 Å². The predicted octanol–water partition coefficient (Wildman–Crippen LogP) is 1.74. The highest BCUT2D eigenvalue weighted by Gasteiger charge is 2.03. The fourth-order valence-electron chi connectivity index (χ4n) is 0.802. The van der Waals surface area contributed by atoms with Crippen molar-refractivity contribution < 1.29 is 4.39 Å². The maximum Gasteiger partial charge on any atom is 0.166 e. The number of nitrogens with two attached hydrogens (primary N) is 1. The van der Waals surface area contributed by atoms with Crippen LogP contribution in [0.1, 0.15) is 6.92 Å². The molecule has 1 atom stereocenters. The Hall–Kier alpha value is -0.680. The SMILES string of the molecule is CC(N)CNc1ncc(Br)cc1F. The van der Waals surface area contributed by atoms with Crippen molar-refractivity contribution in [1.82, 2.24) is 4.98 Å². The summed E-state index contributed by atoms with van der Waals surface area (Å²) in [7, 11) is 0. The first kappa shape index (κ1) is 10.4. The molecule has 0 aliphatic heterocycles. The van der Waals surface area contributed by atoms with E-state index in [9.17, 15) is 4.39 Å². The molecule has 0 aromatic carbocycles. The van der Waals surface area contributed by atoms with Gasteiger partial charge >= 0.3 is 0 Å². The van der Waals surface area contributed by atoms with E-state index in [1.165, 1.54) is 12.3 Å². The summed E-state index contributed by atoms with van der Waals surface area (Å²) in [4.78, 5) is 3.86. The molecule has 3 N–H and O–H groups in total. The largest absolute Gasteiger partial charge is 0.366 e. The zero-order chi connectivity index (χ0) is 9.84. The van der Waals surface area contributed by atoms with Crippen molar-refractivity contribution in [3.63, 3.8) is 0 Å². The van der Waals surface area contributed by atoms with E-state index < -0.39 is 0 Å². The highest BCUT2D eigenvalue weighted by Crippen LogP contribution is 2.15. The molecule has 0 saturated heterocycles. The molecule has 1 aromatic heterocycles. The van der Waals surface area contributed by atoms with Crippen LogP contribution in [-0.2, 0) is 0 Å². The molecule has 0 saturated carbocycles. The summed E-state index contributed by atoms with van der Waals surface area (Å²) in [5.74, 6) is -0.143. The van der Waals surface area contributed by atoms with Crippen molar-refractivity contribution in [1.29, 1.82) is 0 Å². The second-order valence-electron chi connectivity index (χ2n) is 2.84. The first-order valence-corrected chi connectivity index (χ1v) is 4.69. The maximum atomic E-state index is 13.1. The number of rotatable bonds is 3. The van der Waals surface area contributed by atoms with Gasteiger partial charge in [0.25, 0.3) is 0 Å². The second kappa shape index (κ2) is 4.53. The average molecular weight is 248 g/mol. The van der Waals surface area contributed by atoms with E-state index in [4.69, 9.17) is 5.73 Å². The highest BCUT2D eigenvalue weighted by molar-refractivity contribution is 9.10. The summed E-state index contributed by atoms with van der Waals surface area (Å²) in [6, 6.07) is 1.33. The Kier molecular flexibility index (Phi) is 3.62. The van der Waals surface area contributed by atoms with E-state index in [1.54, 1.807) is 0 Å². The van der Waals surface area contributed by atoms with Gasteiger partial charge in [0.2, 0.25) is 0 Å². The number of halogens is 2. The number of pyridine rings is 1. The molecule has 1 unspecified atom stereocenters. The number of hydrogen-bond acceptors (Lipinski definition) is 3. The topological polar surface area (TPSA) is 50.9 Å². The molecule has 0 spiro atoms. The minimum atomic E-state index is -0.380. The Morgan fingerprint density at radius 3 is 3.00 bits per heavy atom. The molecule has 5 heteroatoms. The van der Waals surface area contributed by atoms with Crippen molar-refractivity contribution in [2.75, 3.05) is 11.9 Å². The number of aromatic nitrogens is 1. The van der Waals surface area contributed by atoms with Crippen molar-refractivity contribution in [3.8, 4) is 0 Å². The molecule has 0 aliphatic rings. The van der Waals surface area contributed by atoms with Crippen LogP contribution in [0.3, 0.4) is 0 Å². The third-order valence-electron chi connectivity index (χ3n) is 1.40. The molecule has 1 aromatic rings. The third-order valence-corrected chi connectivity index (χ3v) is 1.83. The van der Waals surface area contributed by atoms with E-state index in [0.717, 1.165) is 0 Å². The van der Waals surface area contributed by atoms with Gasteiger partial charge in [-0.05, 0) is 28.9 Å². The van der Waals surface area contributed by atoms with Gasteiger partial charge in [0.1, 0.15) is 0 Å². The summed E-state index contributed by atoms with van der Waals surface area (Å²) < 4.78 is 13.7. The summed E-state index contributed by atoms with van der Waals surface area (Å²) in [5, 5.41) is 2.81. The lowest BCUT2D eigenvalue weighted by Crippen LogP contribution is -2.25. The second-order valence-corrected chi connectivity index (χ2v) is 3.76. The molecular weight excluding hydrogens is 237 g/mol. The van der Waals surface area contributed by atoms with Crippen LogP contribution in [0.15, 0.2) is 16.7 Å². The molecular formula is C8H11BrFN3. The first-order valence-electron chi connectivity index (χ1n) is 3.90. The quantitative estimate of drug-likeness (QED) is 0.856. The zero-order valence-electron chi connectivity index (χ0n) is 7.22. The Morgan fingerprint density at radius 1 is 1.77 bits per heavy atom. The molecule has 0 bridgehead atoms. The van der Waals surface area contributed by atoms with E-state index in [2.05, 4.69) is 26.2 Å². The van der Waals surface area contributed by atoms with Crippen LogP contribution in [0.5, 0.6) is 0 Å². The van der Waals surface area contributed by atoms with E-state index >= 15 is 0 Å². The van der Waals surface area contributed by atoms with Gasteiger partial charge in [0.15, 0.2) is 11.6 Å². The van der Waals surface area contributed by atoms with Crippen LogP contribution >= 0.6 is 15.9 Å². The summed E-state index contributed by atoms with van der Waals surface area (Å²) >= 11 is 3.12. The Labute approximate surface area is 84.7 Å². The van der Waals surface area contributed by atoms with Gasteiger partial charge in [0, 0.05) is 23.3 Å². The Bertz CT molecular complexity index is 291. The smallest absolute Gasteiger partial charge is 0.166 e. The van der Waals surface area contributed by atoms with Crippen LogP contribution < -0.4 is 11.1 Å². The average Bonchev–Trinajstić information content (AvgIpc) is 2.02. The van der Waals surface area contributed by atoms with Crippen LogP contribution in [-0.4, -0.2) is 17.6 Å². The Balaban J connectivity index is 2.67. The fraction of sp³-hybridized carbons (Fsp3) is 0.375. The van der Waals surface area contributed by atoms with Crippen LogP contribution in [0, 0.1) is 5.82 Å². The maximum absolute atomic E-state index is 13.1. The van der Waals surface area contributed by atoms with Gasteiger partial charge in [-0.2, -0.15) is 0 Å².